The molecule has 1 N–H and O–H groups in total. The van der Waals surface area contributed by atoms with Crippen LogP contribution in [0.25, 0.3) is 0 Å². The second-order valence-corrected chi connectivity index (χ2v) is 4.91. The summed E-state index contributed by atoms with van der Waals surface area (Å²) in [7, 11) is 0. The Morgan fingerprint density at radius 3 is 2.12 bits per heavy atom. The van der Waals surface area contributed by atoms with E-state index in [1.807, 2.05) is 24.3 Å². The van der Waals surface area contributed by atoms with Crippen molar-refractivity contribution in [1.29, 1.82) is 0 Å². The van der Waals surface area contributed by atoms with Crippen molar-refractivity contribution in [1.82, 2.24) is 0 Å². The molecule has 2 aromatic carbocycles. The summed E-state index contributed by atoms with van der Waals surface area (Å²) in [6, 6.07) is 17.0. The normalized spacial score (nSPS) is 14.6. The minimum atomic E-state index is 0.465. The average Bonchev–Trinajstić information content (AvgIpc) is 2.74. The van der Waals surface area contributed by atoms with Gasteiger partial charge >= 0.3 is 0 Å². The number of fused-ring (bicyclic) bond motifs is 1. The van der Waals surface area contributed by atoms with Gasteiger partial charge in [-0.25, -0.2) is 0 Å². The summed E-state index contributed by atoms with van der Waals surface area (Å²) in [6.45, 7) is 0. The standard InChI is InChI=1S/C15H14ClN/c16-14-7-3-4-8-15(14)17-13-9-11-5-1-2-6-12(11)10-13/h1-8,13,17H,9-10H2. The van der Waals surface area contributed by atoms with Gasteiger partial charge in [0.25, 0.3) is 0 Å². The van der Waals surface area contributed by atoms with Crippen LogP contribution in [0, 0.1) is 0 Å². The monoisotopic (exact) mass is 243 g/mol. The Balaban J connectivity index is 1.76. The molecule has 2 aromatic rings. The summed E-state index contributed by atoms with van der Waals surface area (Å²) < 4.78 is 0. The highest BCUT2D eigenvalue weighted by Crippen LogP contribution is 2.27. The van der Waals surface area contributed by atoms with E-state index < -0.39 is 0 Å². The first-order valence-electron chi connectivity index (χ1n) is 5.91. The van der Waals surface area contributed by atoms with E-state index in [4.69, 9.17) is 11.6 Å². The van der Waals surface area contributed by atoms with Gasteiger partial charge < -0.3 is 5.32 Å². The minimum absolute atomic E-state index is 0.465. The number of hydrogen-bond acceptors (Lipinski definition) is 1. The van der Waals surface area contributed by atoms with E-state index in [1.165, 1.54) is 11.1 Å². The molecule has 0 spiro atoms. The molecule has 0 amide bonds. The summed E-state index contributed by atoms with van der Waals surface area (Å²) >= 11 is 6.15. The molecule has 0 aliphatic heterocycles. The maximum Gasteiger partial charge on any atom is 0.0637 e. The van der Waals surface area contributed by atoms with Crippen molar-refractivity contribution in [3.8, 4) is 0 Å². The minimum Gasteiger partial charge on any atom is -0.380 e. The molecule has 0 unspecified atom stereocenters. The third-order valence-electron chi connectivity index (χ3n) is 3.28. The SMILES string of the molecule is Clc1ccccc1NC1Cc2ccccc2C1. The molecule has 0 heterocycles. The number of rotatable bonds is 2. The molecule has 0 bridgehead atoms. The van der Waals surface area contributed by atoms with E-state index in [0.29, 0.717) is 6.04 Å². The Bertz CT molecular complexity index is 511. The zero-order chi connectivity index (χ0) is 11.7. The van der Waals surface area contributed by atoms with Gasteiger partial charge in [0.1, 0.15) is 0 Å². The Morgan fingerprint density at radius 1 is 0.882 bits per heavy atom. The van der Waals surface area contributed by atoms with Crippen LogP contribution in [0.4, 0.5) is 5.69 Å². The predicted molar refractivity (Wildman–Crippen MR) is 72.7 cm³/mol. The maximum absolute atomic E-state index is 6.15. The maximum atomic E-state index is 6.15. The second kappa shape index (κ2) is 4.42. The van der Waals surface area contributed by atoms with Crippen molar-refractivity contribution < 1.29 is 0 Å². The van der Waals surface area contributed by atoms with Crippen molar-refractivity contribution in [2.24, 2.45) is 0 Å². The zero-order valence-electron chi connectivity index (χ0n) is 9.49. The van der Waals surface area contributed by atoms with E-state index in [2.05, 4.69) is 29.6 Å². The van der Waals surface area contributed by atoms with Gasteiger partial charge in [-0.15, -0.1) is 0 Å². The fourth-order valence-electron chi connectivity index (χ4n) is 2.46. The third-order valence-corrected chi connectivity index (χ3v) is 3.61. The molecule has 1 aliphatic rings. The van der Waals surface area contributed by atoms with Crippen LogP contribution in [0.3, 0.4) is 0 Å². The molecule has 0 saturated carbocycles. The highest BCUT2D eigenvalue weighted by Gasteiger charge is 2.20. The van der Waals surface area contributed by atoms with Crippen LogP contribution in [0.1, 0.15) is 11.1 Å². The van der Waals surface area contributed by atoms with Crippen LogP contribution in [-0.2, 0) is 12.8 Å². The summed E-state index contributed by atoms with van der Waals surface area (Å²) in [4.78, 5) is 0. The van der Waals surface area contributed by atoms with Gasteiger partial charge in [-0.05, 0) is 36.1 Å². The number of halogens is 1. The van der Waals surface area contributed by atoms with Crippen molar-refractivity contribution in [3.05, 3.63) is 64.7 Å². The molecular weight excluding hydrogens is 230 g/mol. The molecule has 17 heavy (non-hydrogen) atoms. The average molecular weight is 244 g/mol. The summed E-state index contributed by atoms with van der Waals surface area (Å²) in [5, 5.41) is 4.32. The molecule has 2 heteroatoms. The fraction of sp³-hybridized carbons (Fsp3) is 0.200. The van der Waals surface area contributed by atoms with Crippen molar-refractivity contribution in [2.75, 3.05) is 5.32 Å². The molecule has 0 aromatic heterocycles. The number of para-hydroxylation sites is 1. The summed E-state index contributed by atoms with van der Waals surface area (Å²) in [5.74, 6) is 0. The van der Waals surface area contributed by atoms with E-state index in [-0.39, 0.29) is 0 Å². The molecule has 0 atom stereocenters. The van der Waals surface area contributed by atoms with Gasteiger partial charge in [-0.1, -0.05) is 48.0 Å². The zero-order valence-corrected chi connectivity index (χ0v) is 10.2. The lowest BCUT2D eigenvalue weighted by Gasteiger charge is -2.14. The smallest absolute Gasteiger partial charge is 0.0637 e. The third kappa shape index (κ3) is 2.16. The molecule has 3 rings (SSSR count). The highest BCUT2D eigenvalue weighted by atomic mass is 35.5. The summed E-state index contributed by atoms with van der Waals surface area (Å²) in [5.41, 5.74) is 3.95. The van der Waals surface area contributed by atoms with Crippen molar-refractivity contribution >= 4 is 17.3 Å². The van der Waals surface area contributed by atoms with Gasteiger partial charge in [0.2, 0.25) is 0 Å². The second-order valence-electron chi connectivity index (χ2n) is 4.50. The highest BCUT2D eigenvalue weighted by molar-refractivity contribution is 6.33. The number of nitrogens with one attached hydrogen (secondary N) is 1. The van der Waals surface area contributed by atoms with E-state index >= 15 is 0 Å². The van der Waals surface area contributed by atoms with E-state index in [0.717, 1.165) is 23.6 Å². The van der Waals surface area contributed by atoms with Gasteiger partial charge in [0, 0.05) is 6.04 Å². The van der Waals surface area contributed by atoms with Crippen LogP contribution in [0.15, 0.2) is 48.5 Å². The van der Waals surface area contributed by atoms with E-state index in [9.17, 15) is 0 Å². The van der Waals surface area contributed by atoms with Crippen molar-refractivity contribution in [2.45, 2.75) is 18.9 Å². The van der Waals surface area contributed by atoms with Crippen LogP contribution < -0.4 is 5.32 Å². The topological polar surface area (TPSA) is 12.0 Å². The number of anilines is 1. The van der Waals surface area contributed by atoms with Crippen LogP contribution in [-0.4, -0.2) is 6.04 Å². The van der Waals surface area contributed by atoms with Gasteiger partial charge in [0.15, 0.2) is 0 Å². The van der Waals surface area contributed by atoms with Crippen LogP contribution in [0.5, 0.6) is 0 Å². The molecule has 0 fully saturated rings. The number of hydrogen-bond donors (Lipinski definition) is 1. The molecule has 0 saturated heterocycles. The van der Waals surface area contributed by atoms with E-state index in [1.54, 1.807) is 0 Å². The van der Waals surface area contributed by atoms with Gasteiger partial charge in [-0.2, -0.15) is 0 Å². The Hall–Kier alpha value is -1.47. The lowest BCUT2D eigenvalue weighted by Crippen LogP contribution is -2.19. The molecule has 86 valence electrons. The lowest BCUT2D eigenvalue weighted by atomic mass is 10.1. The molecule has 1 nitrogen and oxygen atoms in total. The Kier molecular flexibility index (Phi) is 2.77. The number of benzene rings is 2. The summed E-state index contributed by atoms with van der Waals surface area (Å²) in [6.07, 6.45) is 2.17. The predicted octanol–water partition coefficient (Wildman–Crippen LogP) is 3.92. The first-order valence-corrected chi connectivity index (χ1v) is 6.28. The first-order chi connectivity index (χ1) is 8.33. The largest absolute Gasteiger partial charge is 0.380 e. The van der Waals surface area contributed by atoms with Gasteiger partial charge in [0.05, 0.1) is 10.7 Å². The first kappa shape index (κ1) is 10.7. The lowest BCUT2D eigenvalue weighted by molar-refractivity contribution is 0.774. The quantitative estimate of drug-likeness (QED) is 0.843. The van der Waals surface area contributed by atoms with Crippen LogP contribution in [0.2, 0.25) is 5.02 Å². The Morgan fingerprint density at radius 2 is 1.47 bits per heavy atom. The molecular formula is C15H14ClN. The van der Waals surface area contributed by atoms with Crippen LogP contribution >= 0.6 is 11.6 Å². The van der Waals surface area contributed by atoms with Gasteiger partial charge in [-0.3, -0.25) is 0 Å². The fourth-order valence-corrected chi connectivity index (χ4v) is 2.65. The Labute approximate surface area is 106 Å². The molecule has 0 radical (unpaired) electrons. The van der Waals surface area contributed by atoms with Crippen molar-refractivity contribution in [3.63, 3.8) is 0 Å². The molecule has 1 aliphatic carbocycles.